The summed E-state index contributed by atoms with van der Waals surface area (Å²) in [4.78, 5) is 1.29. The molecule has 0 amide bonds. The highest BCUT2D eigenvalue weighted by atomic mass is 32.2. The van der Waals surface area contributed by atoms with Gasteiger partial charge in [-0.2, -0.15) is 11.6 Å². The highest BCUT2D eigenvalue weighted by Crippen LogP contribution is 2.46. The average molecular weight is 604 g/mol. The predicted octanol–water partition coefficient (Wildman–Crippen LogP) is 10.1. The highest BCUT2D eigenvalue weighted by molar-refractivity contribution is 8.28. The van der Waals surface area contributed by atoms with Gasteiger partial charge in [-0.15, -0.1) is 0 Å². The van der Waals surface area contributed by atoms with Gasteiger partial charge in [-0.25, -0.2) is 0 Å². The quantitative estimate of drug-likeness (QED) is 0.187. The lowest BCUT2D eigenvalue weighted by Gasteiger charge is -2.33. The van der Waals surface area contributed by atoms with E-state index in [4.69, 9.17) is 4.74 Å². The molecule has 214 valence electrons. The molecule has 0 fully saturated rings. The Morgan fingerprint density at radius 1 is 0.478 bits per heavy atom. The maximum Gasteiger partial charge on any atom is 0.289 e. The number of fused-ring (bicyclic) bond motifs is 7. The minimum atomic E-state index is 0.147. The summed E-state index contributed by atoms with van der Waals surface area (Å²) in [6.07, 6.45) is 0. The van der Waals surface area contributed by atoms with Crippen LogP contribution in [0.4, 0.5) is 0 Å². The number of rotatable bonds is 3. The first kappa shape index (κ1) is 25.8. The van der Waals surface area contributed by atoms with Gasteiger partial charge in [0.25, 0.3) is 5.99 Å². The molecule has 2 aliphatic heterocycles. The zero-order chi connectivity index (χ0) is 30.2. The van der Waals surface area contributed by atoms with Crippen molar-refractivity contribution in [3.63, 3.8) is 0 Å². The van der Waals surface area contributed by atoms with Gasteiger partial charge in [0.1, 0.15) is 11.5 Å². The Morgan fingerprint density at radius 2 is 1.13 bits per heavy atom. The molecular weight excluding hydrogens is 577 g/mol. The van der Waals surface area contributed by atoms with E-state index in [1.165, 1.54) is 71.0 Å². The van der Waals surface area contributed by atoms with Crippen LogP contribution in [0.1, 0.15) is 0 Å². The topological polar surface area (TPSA) is 14.2 Å². The third-order valence-corrected chi connectivity index (χ3v) is 10.8. The van der Waals surface area contributed by atoms with E-state index in [9.17, 15) is 0 Å². The van der Waals surface area contributed by atoms with E-state index in [1.54, 1.807) is 0 Å². The van der Waals surface area contributed by atoms with Gasteiger partial charge in [0.15, 0.2) is 0 Å². The second-order valence-corrected chi connectivity index (χ2v) is 13.2. The summed E-state index contributed by atoms with van der Waals surface area (Å²) in [5, 5.41) is 2.51. The molecule has 0 N–H and O–H groups in total. The van der Waals surface area contributed by atoms with Crippen molar-refractivity contribution < 1.29 is 4.74 Å². The van der Waals surface area contributed by atoms with E-state index in [2.05, 4.69) is 162 Å². The largest absolute Gasteiger partial charge is 0.458 e. The molecule has 7 aromatic carbocycles. The SMILES string of the molecule is c1ccc(-c2ccccc2-c2ccc3c(c2)SB2c4ccccc4Oc4cc(-n5c6ccccc6c6ccccc65)cc-3c42)cc1. The standard InChI is InChI=1S/C42H26BNOS/c1-2-12-27(13-3-1)30-14-4-5-15-31(30)28-22-23-34-35-25-29(44-37-19-9-6-16-32(37)33-17-7-10-20-38(33)44)26-40-42(35)43(46-41(34)24-28)36-18-8-11-21-39(36)45-40/h1-26H. The van der Waals surface area contributed by atoms with Crippen molar-refractivity contribution in [1.82, 2.24) is 4.57 Å². The lowest BCUT2D eigenvalue weighted by atomic mass is 9.57. The zero-order valence-electron chi connectivity index (χ0n) is 24.9. The summed E-state index contributed by atoms with van der Waals surface area (Å²) in [6.45, 7) is 0. The molecule has 0 spiro atoms. The third kappa shape index (κ3) is 3.80. The summed E-state index contributed by atoms with van der Waals surface area (Å²) in [6, 6.07) is 57.0. The maximum absolute atomic E-state index is 6.73. The fourth-order valence-corrected chi connectivity index (χ4v) is 8.88. The minimum Gasteiger partial charge on any atom is -0.458 e. The lowest BCUT2D eigenvalue weighted by Crippen LogP contribution is -2.46. The van der Waals surface area contributed by atoms with Gasteiger partial charge in [-0.05, 0) is 74.6 Å². The van der Waals surface area contributed by atoms with Crippen LogP contribution in [-0.2, 0) is 0 Å². The van der Waals surface area contributed by atoms with E-state index >= 15 is 0 Å². The average Bonchev–Trinajstić information content (AvgIpc) is 3.46. The first-order chi connectivity index (χ1) is 22.8. The summed E-state index contributed by atoms with van der Waals surface area (Å²) < 4.78 is 9.13. The van der Waals surface area contributed by atoms with Crippen molar-refractivity contribution >= 4 is 50.3 Å². The molecule has 2 aliphatic rings. The molecule has 0 radical (unpaired) electrons. The number of hydrogen-bond donors (Lipinski definition) is 0. The van der Waals surface area contributed by atoms with Crippen LogP contribution in [0.2, 0.25) is 0 Å². The van der Waals surface area contributed by atoms with Gasteiger partial charge in [0, 0.05) is 21.7 Å². The molecule has 0 saturated carbocycles. The Balaban J connectivity index is 1.22. The Morgan fingerprint density at radius 3 is 1.91 bits per heavy atom. The number of para-hydroxylation sites is 3. The van der Waals surface area contributed by atoms with Crippen LogP contribution in [0, 0.1) is 0 Å². The van der Waals surface area contributed by atoms with Gasteiger partial charge in [0.2, 0.25) is 0 Å². The van der Waals surface area contributed by atoms with Gasteiger partial charge >= 0.3 is 0 Å². The molecule has 2 nitrogen and oxygen atoms in total. The zero-order valence-corrected chi connectivity index (χ0v) is 25.7. The molecule has 0 bridgehead atoms. The van der Waals surface area contributed by atoms with Crippen molar-refractivity contribution in [3.8, 4) is 50.6 Å². The Bertz CT molecular complexity index is 2450. The van der Waals surface area contributed by atoms with E-state index in [-0.39, 0.29) is 5.99 Å². The lowest BCUT2D eigenvalue weighted by molar-refractivity contribution is 0.487. The minimum absolute atomic E-state index is 0.147. The first-order valence-corrected chi connectivity index (χ1v) is 16.6. The van der Waals surface area contributed by atoms with Gasteiger partial charge in [0.05, 0.1) is 16.7 Å². The predicted molar refractivity (Wildman–Crippen MR) is 194 cm³/mol. The van der Waals surface area contributed by atoms with Crippen molar-refractivity contribution in [2.24, 2.45) is 0 Å². The van der Waals surface area contributed by atoms with E-state index in [0.717, 1.165) is 17.2 Å². The number of hydrogen-bond acceptors (Lipinski definition) is 2. The number of benzene rings is 7. The second-order valence-electron chi connectivity index (χ2n) is 12.0. The highest BCUT2D eigenvalue weighted by Gasteiger charge is 2.39. The van der Waals surface area contributed by atoms with E-state index in [0.29, 0.717) is 0 Å². The van der Waals surface area contributed by atoms with Gasteiger partial charge in [-0.3, -0.25) is 0 Å². The van der Waals surface area contributed by atoms with Crippen LogP contribution in [0.25, 0.3) is 60.9 Å². The Labute approximate surface area is 271 Å². The number of aromatic nitrogens is 1. The Hall–Kier alpha value is -5.45. The summed E-state index contributed by atoms with van der Waals surface area (Å²) >= 11 is 1.94. The van der Waals surface area contributed by atoms with Crippen LogP contribution in [0.3, 0.4) is 0 Å². The molecular formula is C42H26BNOS. The maximum atomic E-state index is 6.73. The summed E-state index contributed by atoms with van der Waals surface area (Å²) in [7, 11) is 0. The smallest absolute Gasteiger partial charge is 0.289 e. The molecule has 4 heteroatoms. The van der Waals surface area contributed by atoms with Crippen molar-refractivity contribution in [3.05, 3.63) is 158 Å². The molecule has 1 aromatic heterocycles. The summed E-state index contributed by atoms with van der Waals surface area (Å²) in [5.41, 5.74) is 13.4. The van der Waals surface area contributed by atoms with Crippen LogP contribution in [-0.4, -0.2) is 10.6 Å². The monoisotopic (exact) mass is 603 g/mol. The van der Waals surface area contributed by atoms with Crippen molar-refractivity contribution in [1.29, 1.82) is 0 Å². The fraction of sp³-hybridized carbons (Fsp3) is 0. The molecule has 0 saturated heterocycles. The molecule has 0 atom stereocenters. The second kappa shape index (κ2) is 10.0. The fourth-order valence-electron chi connectivity index (χ4n) is 7.45. The molecule has 46 heavy (non-hydrogen) atoms. The van der Waals surface area contributed by atoms with Crippen LogP contribution in [0.15, 0.2) is 163 Å². The summed E-state index contributed by atoms with van der Waals surface area (Å²) in [5.74, 6) is 2.02. The van der Waals surface area contributed by atoms with Gasteiger partial charge in [-0.1, -0.05) is 121 Å². The van der Waals surface area contributed by atoms with Crippen molar-refractivity contribution in [2.45, 2.75) is 4.90 Å². The third-order valence-electron chi connectivity index (χ3n) is 9.49. The first-order valence-electron chi connectivity index (χ1n) is 15.7. The van der Waals surface area contributed by atoms with Gasteiger partial charge < -0.3 is 9.30 Å². The molecule has 8 aromatic rings. The van der Waals surface area contributed by atoms with Crippen molar-refractivity contribution in [2.75, 3.05) is 0 Å². The van der Waals surface area contributed by atoms with Crippen LogP contribution >= 0.6 is 11.6 Å². The number of nitrogens with zero attached hydrogens (tertiary/aromatic N) is 1. The molecule has 3 heterocycles. The normalized spacial score (nSPS) is 12.8. The van der Waals surface area contributed by atoms with E-state index in [1.807, 2.05) is 11.6 Å². The van der Waals surface area contributed by atoms with Crippen LogP contribution < -0.4 is 15.7 Å². The molecule has 0 unspecified atom stereocenters. The van der Waals surface area contributed by atoms with E-state index < -0.39 is 0 Å². The molecule has 10 rings (SSSR count). The number of ether oxygens (including phenoxy) is 1. The van der Waals surface area contributed by atoms with Crippen LogP contribution in [0.5, 0.6) is 11.5 Å². The molecule has 0 aliphatic carbocycles. The Kier molecular flexibility index (Phi) is 5.64.